The Kier molecular flexibility index (Phi) is 7.74. The van der Waals surface area contributed by atoms with Crippen molar-refractivity contribution in [3.63, 3.8) is 0 Å². The van der Waals surface area contributed by atoms with E-state index in [9.17, 15) is 0 Å². The van der Waals surface area contributed by atoms with Crippen molar-refractivity contribution in [2.75, 3.05) is 14.2 Å². The third-order valence-corrected chi connectivity index (χ3v) is 4.82. The van der Waals surface area contributed by atoms with Crippen molar-refractivity contribution >= 4 is 29.9 Å². The van der Waals surface area contributed by atoms with E-state index in [4.69, 9.17) is 4.74 Å². The largest absolute Gasteiger partial charge is 0.377 e. The van der Waals surface area contributed by atoms with Crippen LogP contribution in [0.1, 0.15) is 23.6 Å². The van der Waals surface area contributed by atoms with Crippen molar-refractivity contribution < 1.29 is 4.74 Å². The minimum atomic E-state index is 0. The SMILES string of the molecule is CN=C(NCc1cccc(-c2ncn[nH]2)c1)NC1CCc2nc(COC)nn2C1.I. The van der Waals surface area contributed by atoms with Gasteiger partial charge >= 0.3 is 0 Å². The first-order chi connectivity index (χ1) is 14.2. The van der Waals surface area contributed by atoms with Crippen LogP contribution in [0.25, 0.3) is 11.4 Å². The number of aromatic amines is 1. The number of nitrogens with zero attached hydrogens (tertiary/aromatic N) is 6. The molecule has 1 aromatic carbocycles. The van der Waals surface area contributed by atoms with Crippen molar-refractivity contribution in [2.24, 2.45) is 4.99 Å². The number of guanidine groups is 1. The van der Waals surface area contributed by atoms with Crippen molar-refractivity contribution in [2.45, 2.75) is 38.6 Å². The molecule has 0 radical (unpaired) electrons. The van der Waals surface area contributed by atoms with E-state index in [-0.39, 0.29) is 30.0 Å². The first-order valence-electron chi connectivity index (χ1n) is 9.58. The minimum Gasteiger partial charge on any atom is -0.377 e. The first kappa shape index (κ1) is 22.2. The number of H-pyrrole nitrogens is 1. The zero-order valence-electron chi connectivity index (χ0n) is 17.0. The molecule has 0 fully saturated rings. The Morgan fingerprint density at radius 2 is 2.30 bits per heavy atom. The molecule has 30 heavy (non-hydrogen) atoms. The Balaban J connectivity index is 0.00000256. The molecule has 1 atom stereocenters. The molecule has 1 aliphatic rings. The molecule has 0 saturated heterocycles. The van der Waals surface area contributed by atoms with Gasteiger partial charge in [0.15, 0.2) is 17.6 Å². The number of aryl methyl sites for hydroxylation is 1. The Morgan fingerprint density at radius 3 is 3.07 bits per heavy atom. The zero-order chi connectivity index (χ0) is 20.1. The van der Waals surface area contributed by atoms with Gasteiger partial charge in [-0.25, -0.2) is 14.6 Å². The number of methoxy groups -OCH3 is 1. The average molecular weight is 523 g/mol. The smallest absolute Gasteiger partial charge is 0.191 e. The van der Waals surface area contributed by atoms with Crippen LogP contribution in [0.5, 0.6) is 0 Å². The lowest BCUT2D eigenvalue weighted by Gasteiger charge is -2.25. The third-order valence-electron chi connectivity index (χ3n) is 4.82. The molecule has 3 N–H and O–H groups in total. The van der Waals surface area contributed by atoms with Crippen LogP contribution in [0.2, 0.25) is 0 Å². The van der Waals surface area contributed by atoms with Crippen molar-refractivity contribution in [3.8, 4) is 11.4 Å². The highest BCUT2D eigenvalue weighted by atomic mass is 127. The summed E-state index contributed by atoms with van der Waals surface area (Å²) >= 11 is 0. The Bertz CT molecular complexity index is 970. The minimum absolute atomic E-state index is 0. The Labute approximate surface area is 192 Å². The maximum atomic E-state index is 5.13. The summed E-state index contributed by atoms with van der Waals surface area (Å²) in [6, 6.07) is 8.41. The number of ether oxygens (including phenoxy) is 1. The molecule has 1 unspecified atom stereocenters. The van der Waals surface area contributed by atoms with Crippen LogP contribution in [0.15, 0.2) is 35.6 Å². The molecule has 11 heteroatoms. The van der Waals surface area contributed by atoms with Gasteiger partial charge in [-0.2, -0.15) is 10.2 Å². The lowest BCUT2D eigenvalue weighted by atomic mass is 10.1. The third kappa shape index (κ3) is 5.33. The van der Waals surface area contributed by atoms with E-state index in [1.807, 2.05) is 16.8 Å². The highest BCUT2D eigenvalue weighted by Gasteiger charge is 2.22. The van der Waals surface area contributed by atoms with Gasteiger partial charge in [0, 0.05) is 38.7 Å². The number of aliphatic imine (C=N–C) groups is 1. The van der Waals surface area contributed by atoms with Gasteiger partial charge in [-0.15, -0.1) is 24.0 Å². The zero-order valence-corrected chi connectivity index (χ0v) is 19.3. The van der Waals surface area contributed by atoms with Crippen LogP contribution in [-0.2, 0) is 30.9 Å². The molecule has 3 aromatic rings. The van der Waals surface area contributed by atoms with E-state index in [2.05, 4.69) is 53.0 Å². The van der Waals surface area contributed by atoms with Gasteiger partial charge in [-0.3, -0.25) is 10.1 Å². The number of hydrogen-bond acceptors (Lipinski definition) is 6. The summed E-state index contributed by atoms with van der Waals surface area (Å²) in [6.45, 7) is 1.85. The highest BCUT2D eigenvalue weighted by Crippen LogP contribution is 2.16. The van der Waals surface area contributed by atoms with E-state index in [0.29, 0.717) is 13.2 Å². The summed E-state index contributed by atoms with van der Waals surface area (Å²) in [5.41, 5.74) is 2.14. The Morgan fingerprint density at radius 1 is 1.40 bits per heavy atom. The van der Waals surface area contributed by atoms with Gasteiger partial charge in [0.25, 0.3) is 0 Å². The average Bonchev–Trinajstić information content (AvgIpc) is 3.41. The number of nitrogens with one attached hydrogen (secondary N) is 3. The lowest BCUT2D eigenvalue weighted by Crippen LogP contribution is -2.46. The number of fused-ring (bicyclic) bond motifs is 1. The standard InChI is InChI=1S/C19H25N9O.HI/c1-20-19(21-9-13-4-3-5-14(8-13)18-22-12-23-26-18)24-15-6-7-17-25-16(11-29-2)27-28(17)10-15;/h3-5,8,12,15H,6-7,9-11H2,1-2H3,(H2,20,21,24)(H,22,23,26);1H. The number of rotatable bonds is 6. The van der Waals surface area contributed by atoms with Gasteiger partial charge in [-0.1, -0.05) is 18.2 Å². The van der Waals surface area contributed by atoms with Crippen LogP contribution < -0.4 is 10.6 Å². The predicted molar refractivity (Wildman–Crippen MR) is 123 cm³/mol. The fourth-order valence-corrected chi connectivity index (χ4v) is 3.42. The molecule has 10 nitrogen and oxygen atoms in total. The predicted octanol–water partition coefficient (Wildman–Crippen LogP) is 1.51. The van der Waals surface area contributed by atoms with E-state index in [1.54, 1.807) is 14.2 Å². The van der Waals surface area contributed by atoms with Gasteiger partial charge in [0.1, 0.15) is 18.8 Å². The normalized spacial score (nSPS) is 15.9. The number of hydrogen-bond donors (Lipinski definition) is 3. The molecule has 0 spiro atoms. The first-order valence-corrected chi connectivity index (χ1v) is 9.58. The molecule has 1 aliphatic heterocycles. The molecule has 160 valence electrons. The maximum absolute atomic E-state index is 5.13. The summed E-state index contributed by atoms with van der Waals surface area (Å²) in [7, 11) is 3.43. The van der Waals surface area contributed by atoms with E-state index >= 15 is 0 Å². The summed E-state index contributed by atoms with van der Waals surface area (Å²) in [5.74, 6) is 3.27. The topological polar surface area (TPSA) is 118 Å². The van der Waals surface area contributed by atoms with Gasteiger partial charge in [0.05, 0.1) is 6.54 Å². The van der Waals surface area contributed by atoms with Gasteiger partial charge < -0.3 is 15.4 Å². The van der Waals surface area contributed by atoms with Crippen molar-refractivity contribution in [1.29, 1.82) is 0 Å². The van der Waals surface area contributed by atoms with Gasteiger partial charge in [0.2, 0.25) is 0 Å². The van der Waals surface area contributed by atoms with Crippen LogP contribution in [0, 0.1) is 0 Å². The summed E-state index contributed by atoms with van der Waals surface area (Å²) < 4.78 is 7.09. The van der Waals surface area contributed by atoms with E-state index in [0.717, 1.165) is 53.9 Å². The van der Waals surface area contributed by atoms with E-state index < -0.39 is 0 Å². The second-order valence-corrected chi connectivity index (χ2v) is 6.90. The molecule has 2 aromatic heterocycles. The molecular formula is C19H26IN9O. The molecule has 0 saturated carbocycles. The quantitative estimate of drug-likeness (QED) is 0.255. The molecule has 0 aliphatic carbocycles. The molecule has 4 rings (SSSR count). The van der Waals surface area contributed by atoms with Gasteiger partial charge in [-0.05, 0) is 18.1 Å². The monoisotopic (exact) mass is 523 g/mol. The van der Waals surface area contributed by atoms with Crippen LogP contribution in [0.3, 0.4) is 0 Å². The number of benzene rings is 1. The fourth-order valence-electron chi connectivity index (χ4n) is 3.42. The second kappa shape index (κ2) is 10.5. The summed E-state index contributed by atoms with van der Waals surface area (Å²) in [6.07, 6.45) is 3.37. The molecule has 3 heterocycles. The summed E-state index contributed by atoms with van der Waals surface area (Å²) in [5, 5.41) is 18.2. The fraction of sp³-hybridized carbons (Fsp3) is 0.421. The molecule has 0 bridgehead atoms. The number of halogens is 1. The van der Waals surface area contributed by atoms with Crippen molar-refractivity contribution in [3.05, 3.63) is 47.8 Å². The lowest BCUT2D eigenvalue weighted by molar-refractivity contribution is 0.177. The van der Waals surface area contributed by atoms with Crippen LogP contribution in [-0.4, -0.2) is 56.1 Å². The summed E-state index contributed by atoms with van der Waals surface area (Å²) in [4.78, 5) is 13.1. The Hall–Kier alpha value is -2.54. The van der Waals surface area contributed by atoms with E-state index in [1.165, 1.54) is 6.33 Å². The van der Waals surface area contributed by atoms with Crippen LogP contribution in [0.4, 0.5) is 0 Å². The number of aromatic nitrogens is 6. The maximum Gasteiger partial charge on any atom is 0.191 e. The van der Waals surface area contributed by atoms with Crippen molar-refractivity contribution in [1.82, 2.24) is 40.6 Å². The second-order valence-electron chi connectivity index (χ2n) is 6.90. The molecule has 0 amide bonds. The highest BCUT2D eigenvalue weighted by molar-refractivity contribution is 14.0. The van der Waals surface area contributed by atoms with Crippen LogP contribution >= 0.6 is 24.0 Å². The molecular weight excluding hydrogens is 497 g/mol.